The summed E-state index contributed by atoms with van der Waals surface area (Å²) in [6.45, 7) is 3.80. The van der Waals surface area contributed by atoms with Crippen molar-refractivity contribution in [2.75, 3.05) is 41.0 Å². The Kier molecular flexibility index (Phi) is 10.1. The number of pyridine rings is 1. The van der Waals surface area contributed by atoms with E-state index in [0.717, 1.165) is 41.8 Å². The minimum Gasteiger partial charge on any atom is -0.496 e. The first kappa shape index (κ1) is 26.5. The minimum absolute atomic E-state index is 0.0219. The Hall–Kier alpha value is -2.72. The van der Waals surface area contributed by atoms with E-state index in [2.05, 4.69) is 4.98 Å². The number of esters is 2. The molecule has 0 radical (unpaired) electrons. The Labute approximate surface area is 194 Å². The molecule has 1 aliphatic carbocycles. The normalized spacial score (nSPS) is 18.3. The number of carboxylic acids is 1. The summed E-state index contributed by atoms with van der Waals surface area (Å²) in [5.74, 6) is -1.17. The summed E-state index contributed by atoms with van der Waals surface area (Å²) in [6.07, 6.45) is 5.03. The summed E-state index contributed by atoms with van der Waals surface area (Å²) < 4.78 is 15.3. The van der Waals surface area contributed by atoms with Crippen LogP contribution in [0.2, 0.25) is 0 Å². The first-order valence-corrected chi connectivity index (χ1v) is 11.0. The van der Waals surface area contributed by atoms with E-state index in [1.807, 2.05) is 18.7 Å². The summed E-state index contributed by atoms with van der Waals surface area (Å²) in [5.41, 5.74) is 2.57. The largest absolute Gasteiger partial charge is 0.496 e. The summed E-state index contributed by atoms with van der Waals surface area (Å²) >= 11 is 0. The third-order valence-electron chi connectivity index (χ3n) is 6.19. The molecule has 0 spiro atoms. The van der Waals surface area contributed by atoms with Gasteiger partial charge in [0.1, 0.15) is 5.75 Å². The maximum absolute atomic E-state index is 12.3. The fourth-order valence-corrected chi connectivity index (χ4v) is 4.58. The van der Waals surface area contributed by atoms with Crippen molar-refractivity contribution in [1.82, 2.24) is 14.8 Å². The number of nitrogens with zero attached hydrogens (tertiary/aromatic N) is 3. The molecule has 184 valence electrons. The lowest BCUT2D eigenvalue weighted by Gasteiger charge is -2.44. The number of ether oxygens (including phenoxy) is 3. The van der Waals surface area contributed by atoms with Crippen LogP contribution >= 0.6 is 0 Å². The lowest BCUT2D eigenvalue weighted by molar-refractivity contribution is -0.148. The van der Waals surface area contributed by atoms with Crippen LogP contribution in [0, 0.1) is 13.8 Å². The maximum atomic E-state index is 12.3. The van der Waals surface area contributed by atoms with Gasteiger partial charge in [0.2, 0.25) is 0 Å². The van der Waals surface area contributed by atoms with E-state index in [1.54, 1.807) is 18.2 Å². The van der Waals surface area contributed by atoms with Crippen molar-refractivity contribution in [1.29, 1.82) is 0 Å². The average molecular weight is 466 g/mol. The molecule has 0 amide bonds. The van der Waals surface area contributed by atoms with Crippen LogP contribution in [0.3, 0.4) is 0 Å². The fourth-order valence-electron chi connectivity index (χ4n) is 4.58. The minimum atomic E-state index is -1.02. The van der Waals surface area contributed by atoms with Gasteiger partial charge in [-0.2, -0.15) is 0 Å². The lowest BCUT2D eigenvalue weighted by atomic mass is 9.87. The molecule has 0 saturated heterocycles. The average Bonchev–Trinajstić information content (AvgIpc) is 2.79. The lowest BCUT2D eigenvalue weighted by Crippen LogP contribution is -2.56. The SMILES string of the molecule is COC(=O)CN(CC(=O)O)C1CCCC[C@@H]1N(CC(=O)OC)Cc1ncc(C)c(OC)c1C. The Morgan fingerprint density at radius 1 is 0.970 bits per heavy atom. The Bertz CT molecular complexity index is 846. The fraction of sp³-hybridized carbons (Fsp3) is 0.652. The molecule has 1 aliphatic rings. The molecule has 1 aromatic rings. The number of aromatic nitrogens is 1. The van der Waals surface area contributed by atoms with Gasteiger partial charge in [-0.25, -0.2) is 0 Å². The van der Waals surface area contributed by atoms with Crippen LogP contribution in [0.5, 0.6) is 5.75 Å². The van der Waals surface area contributed by atoms with Crippen molar-refractivity contribution in [3.05, 3.63) is 23.0 Å². The number of aryl methyl sites for hydroxylation is 1. The molecule has 2 atom stereocenters. The van der Waals surface area contributed by atoms with Gasteiger partial charge in [-0.15, -0.1) is 0 Å². The zero-order valence-corrected chi connectivity index (χ0v) is 20.1. The van der Waals surface area contributed by atoms with Crippen molar-refractivity contribution in [2.45, 2.75) is 58.2 Å². The van der Waals surface area contributed by atoms with Gasteiger partial charge in [0.15, 0.2) is 0 Å². The summed E-state index contributed by atoms with van der Waals surface area (Å²) in [4.78, 5) is 44.1. The topological polar surface area (TPSA) is 119 Å². The van der Waals surface area contributed by atoms with Gasteiger partial charge in [0.05, 0.1) is 46.7 Å². The number of carbonyl (C=O) groups excluding carboxylic acids is 2. The second-order valence-corrected chi connectivity index (χ2v) is 8.32. The molecule has 1 saturated carbocycles. The molecule has 1 N–H and O–H groups in total. The molecule has 1 aromatic heterocycles. The number of carbonyl (C=O) groups is 3. The van der Waals surface area contributed by atoms with E-state index in [9.17, 15) is 19.5 Å². The molecule has 10 heteroatoms. The number of aliphatic carboxylic acids is 1. The number of hydrogen-bond donors (Lipinski definition) is 1. The summed E-state index contributed by atoms with van der Waals surface area (Å²) in [5, 5.41) is 9.46. The van der Waals surface area contributed by atoms with E-state index in [1.165, 1.54) is 14.2 Å². The predicted octanol–water partition coefficient (Wildman–Crippen LogP) is 1.55. The molecule has 33 heavy (non-hydrogen) atoms. The zero-order valence-electron chi connectivity index (χ0n) is 20.1. The van der Waals surface area contributed by atoms with Gasteiger partial charge in [0.25, 0.3) is 0 Å². The van der Waals surface area contributed by atoms with E-state index in [-0.39, 0.29) is 31.7 Å². The van der Waals surface area contributed by atoms with E-state index < -0.39 is 17.9 Å². The smallest absolute Gasteiger partial charge is 0.319 e. The molecular weight excluding hydrogens is 430 g/mol. The second-order valence-electron chi connectivity index (χ2n) is 8.32. The van der Waals surface area contributed by atoms with Gasteiger partial charge >= 0.3 is 17.9 Å². The van der Waals surface area contributed by atoms with Crippen molar-refractivity contribution < 1.29 is 33.7 Å². The molecule has 1 unspecified atom stereocenters. The third-order valence-corrected chi connectivity index (χ3v) is 6.19. The third kappa shape index (κ3) is 7.13. The Morgan fingerprint density at radius 2 is 1.52 bits per heavy atom. The Morgan fingerprint density at radius 3 is 2.03 bits per heavy atom. The van der Waals surface area contributed by atoms with E-state index in [4.69, 9.17) is 14.2 Å². The number of carboxylic acid groups (broad SMARTS) is 1. The van der Waals surface area contributed by atoms with Crippen LogP contribution in [-0.4, -0.2) is 90.8 Å². The van der Waals surface area contributed by atoms with Gasteiger partial charge in [-0.05, 0) is 26.7 Å². The summed E-state index contributed by atoms with van der Waals surface area (Å²) in [6, 6.07) is -0.415. The van der Waals surface area contributed by atoms with Gasteiger partial charge < -0.3 is 19.3 Å². The molecule has 1 heterocycles. The molecule has 2 rings (SSSR count). The predicted molar refractivity (Wildman–Crippen MR) is 120 cm³/mol. The number of methoxy groups -OCH3 is 3. The second kappa shape index (κ2) is 12.5. The highest BCUT2D eigenvalue weighted by atomic mass is 16.5. The van der Waals surface area contributed by atoms with Crippen LogP contribution in [-0.2, 0) is 30.4 Å². The zero-order chi connectivity index (χ0) is 24.5. The van der Waals surface area contributed by atoms with Crippen LogP contribution in [0.1, 0.15) is 42.5 Å². The number of hydrogen-bond acceptors (Lipinski definition) is 9. The van der Waals surface area contributed by atoms with Crippen molar-refractivity contribution in [3.63, 3.8) is 0 Å². The summed E-state index contributed by atoms with van der Waals surface area (Å²) in [7, 11) is 4.23. The van der Waals surface area contributed by atoms with Crippen LogP contribution in [0.15, 0.2) is 6.20 Å². The van der Waals surface area contributed by atoms with Gasteiger partial charge in [0, 0.05) is 36.0 Å². The van der Waals surface area contributed by atoms with Crippen molar-refractivity contribution in [3.8, 4) is 5.75 Å². The van der Waals surface area contributed by atoms with Gasteiger partial charge in [-0.3, -0.25) is 29.2 Å². The molecular formula is C23H35N3O7. The number of rotatable bonds is 11. The monoisotopic (exact) mass is 465 g/mol. The van der Waals surface area contributed by atoms with E-state index >= 15 is 0 Å². The first-order chi connectivity index (χ1) is 15.7. The highest BCUT2D eigenvalue weighted by Gasteiger charge is 2.37. The molecule has 1 fully saturated rings. The van der Waals surface area contributed by atoms with E-state index in [0.29, 0.717) is 13.0 Å². The molecule has 0 bridgehead atoms. The quantitative estimate of drug-likeness (QED) is 0.482. The molecule has 0 aliphatic heterocycles. The van der Waals surface area contributed by atoms with Crippen LogP contribution < -0.4 is 4.74 Å². The first-order valence-electron chi connectivity index (χ1n) is 11.0. The van der Waals surface area contributed by atoms with Crippen LogP contribution in [0.4, 0.5) is 0 Å². The van der Waals surface area contributed by atoms with Crippen molar-refractivity contribution in [2.24, 2.45) is 0 Å². The maximum Gasteiger partial charge on any atom is 0.319 e. The molecule has 10 nitrogen and oxygen atoms in total. The van der Waals surface area contributed by atoms with Crippen LogP contribution in [0.25, 0.3) is 0 Å². The van der Waals surface area contributed by atoms with Crippen molar-refractivity contribution >= 4 is 17.9 Å². The Balaban J connectivity index is 2.41. The van der Waals surface area contributed by atoms with Gasteiger partial charge in [-0.1, -0.05) is 12.8 Å². The standard InChI is InChI=1S/C23H35N3O7/c1-15-10-24-17(16(2)23(15)33-5)11-25(13-21(29)31-3)18-8-6-7-9-19(18)26(12-20(27)28)14-22(30)32-4/h10,18-19H,6-9,11-14H2,1-5H3,(H,27,28)/t18-,19?/m0/s1. The highest BCUT2D eigenvalue weighted by molar-refractivity contribution is 5.74. The molecule has 0 aromatic carbocycles. The highest BCUT2D eigenvalue weighted by Crippen LogP contribution is 2.30.